The van der Waals surface area contributed by atoms with Crippen molar-refractivity contribution in [3.8, 4) is 11.8 Å². The van der Waals surface area contributed by atoms with E-state index < -0.39 is 0 Å². The van der Waals surface area contributed by atoms with Crippen molar-refractivity contribution in [3.63, 3.8) is 0 Å². The van der Waals surface area contributed by atoms with Gasteiger partial charge in [-0.25, -0.2) is 0 Å². The predicted molar refractivity (Wildman–Crippen MR) is 75.4 cm³/mol. The van der Waals surface area contributed by atoms with E-state index >= 15 is 0 Å². The Morgan fingerprint density at radius 2 is 1.95 bits per heavy atom. The highest BCUT2D eigenvalue weighted by Gasteiger charge is 2.19. The number of benzene rings is 1. The van der Waals surface area contributed by atoms with Crippen LogP contribution >= 0.6 is 0 Å². The largest absolute Gasteiger partial charge is 0.495 e. The summed E-state index contributed by atoms with van der Waals surface area (Å²) in [6.45, 7) is 7.40. The van der Waals surface area contributed by atoms with Gasteiger partial charge in [-0.2, -0.15) is 5.26 Å². The summed E-state index contributed by atoms with van der Waals surface area (Å²) in [5, 5.41) is 8.90. The molecule has 1 heterocycles. The molecule has 0 atom stereocenters. The maximum atomic E-state index is 11.2. The summed E-state index contributed by atoms with van der Waals surface area (Å²) in [6.07, 6.45) is 1.14. The normalized spacial score (nSPS) is 14.1. The van der Waals surface area contributed by atoms with Crippen LogP contribution < -0.4 is 9.64 Å². The van der Waals surface area contributed by atoms with Crippen molar-refractivity contribution in [2.24, 2.45) is 0 Å². The Hall–Kier alpha value is -2.28. The number of methoxy groups -OCH3 is 1. The molecule has 0 N–H and O–H groups in total. The summed E-state index contributed by atoms with van der Waals surface area (Å²) in [6, 6.07) is 7.46. The standard InChI is InChI=1S/C13H14N2O2.C2H4/c1-17-13-3-2-10(9-14)8-12(13)15-6-4-11(16)5-7-15;1-2/h2-3,8H,4-7H2,1H3;1-2H2. The van der Waals surface area contributed by atoms with Gasteiger partial charge in [-0.3, -0.25) is 4.79 Å². The fourth-order valence-corrected chi connectivity index (χ4v) is 2.00. The first-order chi connectivity index (χ1) is 9.24. The zero-order chi connectivity index (χ0) is 14.3. The van der Waals surface area contributed by atoms with E-state index in [1.165, 1.54) is 0 Å². The van der Waals surface area contributed by atoms with Crippen LogP contribution in [0.25, 0.3) is 0 Å². The summed E-state index contributed by atoms with van der Waals surface area (Å²) < 4.78 is 5.29. The van der Waals surface area contributed by atoms with Crippen molar-refractivity contribution in [2.75, 3.05) is 25.1 Å². The first-order valence-electron chi connectivity index (χ1n) is 6.09. The Balaban J connectivity index is 0.000000861. The molecule has 1 aliphatic heterocycles. The van der Waals surface area contributed by atoms with Crippen molar-refractivity contribution in [1.29, 1.82) is 5.26 Å². The Morgan fingerprint density at radius 1 is 1.32 bits per heavy atom. The van der Waals surface area contributed by atoms with E-state index in [0.717, 1.165) is 11.4 Å². The van der Waals surface area contributed by atoms with Crippen LogP contribution in [0, 0.1) is 11.3 Å². The van der Waals surface area contributed by atoms with Gasteiger partial charge in [0.1, 0.15) is 11.5 Å². The van der Waals surface area contributed by atoms with E-state index in [1.807, 2.05) is 6.07 Å². The minimum Gasteiger partial charge on any atom is -0.495 e. The topological polar surface area (TPSA) is 53.3 Å². The molecular formula is C15H18N2O2. The quantitative estimate of drug-likeness (QED) is 0.765. The van der Waals surface area contributed by atoms with Crippen molar-refractivity contribution in [2.45, 2.75) is 12.8 Å². The van der Waals surface area contributed by atoms with Crippen molar-refractivity contribution < 1.29 is 9.53 Å². The third-order valence-corrected chi connectivity index (χ3v) is 2.97. The highest BCUT2D eigenvalue weighted by Crippen LogP contribution is 2.30. The molecule has 0 bridgehead atoms. The molecular weight excluding hydrogens is 240 g/mol. The Kier molecular flexibility index (Phi) is 5.62. The molecule has 4 heteroatoms. The van der Waals surface area contributed by atoms with E-state index in [0.29, 0.717) is 37.3 Å². The number of hydrogen-bond donors (Lipinski definition) is 0. The number of nitrogens with zero attached hydrogens (tertiary/aromatic N) is 2. The van der Waals surface area contributed by atoms with Gasteiger partial charge in [0.2, 0.25) is 0 Å². The lowest BCUT2D eigenvalue weighted by Gasteiger charge is -2.29. The molecule has 1 fully saturated rings. The van der Waals surface area contributed by atoms with Crippen LogP contribution in [0.4, 0.5) is 5.69 Å². The average Bonchev–Trinajstić information content (AvgIpc) is 2.49. The molecule has 1 aliphatic rings. The van der Waals surface area contributed by atoms with E-state index in [4.69, 9.17) is 10.00 Å². The lowest BCUT2D eigenvalue weighted by molar-refractivity contribution is -0.119. The molecule has 4 nitrogen and oxygen atoms in total. The zero-order valence-corrected chi connectivity index (χ0v) is 11.2. The van der Waals surface area contributed by atoms with Gasteiger partial charge >= 0.3 is 0 Å². The number of hydrogen-bond acceptors (Lipinski definition) is 4. The second-order valence-corrected chi connectivity index (χ2v) is 4.02. The molecule has 2 rings (SSSR count). The number of ketones is 1. The zero-order valence-electron chi connectivity index (χ0n) is 11.2. The highest BCUT2D eigenvalue weighted by atomic mass is 16.5. The third kappa shape index (κ3) is 3.59. The first-order valence-corrected chi connectivity index (χ1v) is 6.09. The van der Waals surface area contributed by atoms with Crippen molar-refractivity contribution >= 4 is 11.5 Å². The smallest absolute Gasteiger partial charge is 0.142 e. The Bertz CT molecular complexity index is 481. The molecule has 0 unspecified atom stereocenters. The number of carbonyl (C=O) groups is 1. The number of anilines is 1. The molecule has 100 valence electrons. The van der Waals surface area contributed by atoms with E-state index in [1.54, 1.807) is 19.2 Å². The second kappa shape index (κ2) is 7.22. The highest BCUT2D eigenvalue weighted by molar-refractivity contribution is 5.81. The van der Waals surface area contributed by atoms with E-state index in [-0.39, 0.29) is 0 Å². The van der Waals surface area contributed by atoms with Crippen LogP contribution in [0.3, 0.4) is 0 Å². The molecule has 0 amide bonds. The fourth-order valence-electron chi connectivity index (χ4n) is 2.00. The number of nitriles is 1. The van der Waals surface area contributed by atoms with Crippen LogP contribution in [0.2, 0.25) is 0 Å². The van der Waals surface area contributed by atoms with Gasteiger partial charge in [-0.05, 0) is 18.2 Å². The molecule has 1 aromatic carbocycles. The molecule has 1 aromatic rings. The van der Waals surface area contributed by atoms with Gasteiger partial charge in [-0.15, -0.1) is 13.2 Å². The Labute approximate surface area is 113 Å². The summed E-state index contributed by atoms with van der Waals surface area (Å²) in [7, 11) is 1.61. The summed E-state index contributed by atoms with van der Waals surface area (Å²) in [5.74, 6) is 1.05. The maximum Gasteiger partial charge on any atom is 0.142 e. The van der Waals surface area contributed by atoms with Gasteiger partial charge in [-0.1, -0.05) is 0 Å². The summed E-state index contributed by atoms with van der Waals surface area (Å²) in [4.78, 5) is 13.3. The van der Waals surface area contributed by atoms with Crippen LogP contribution in [-0.4, -0.2) is 26.0 Å². The number of piperidine rings is 1. The third-order valence-electron chi connectivity index (χ3n) is 2.97. The number of carbonyl (C=O) groups excluding carboxylic acids is 1. The van der Waals surface area contributed by atoms with Crippen molar-refractivity contribution in [1.82, 2.24) is 0 Å². The van der Waals surface area contributed by atoms with Gasteiger partial charge in [0.05, 0.1) is 24.4 Å². The molecule has 0 saturated carbocycles. The van der Waals surface area contributed by atoms with E-state index in [9.17, 15) is 4.79 Å². The van der Waals surface area contributed by atoms with Crippen LogP contribution in [0.15, 0.2) is 31.4 Å². The molecule has 19 heavy (non-hydrogen) atoms. The predicted octanol–water partition coefficient (Wildman–Crippen LogP) is 2.54. The first kappa shape index (κ1) is 14.8. The van der Waals surface area contributed by atoms with Crippen molar-refractivity contribution in [3.05, 3.63) is 36.9 Å². The monoisotopic (exact) mass is 258 g/mol. The lowest BCUT2D eigenvalue weighted by Crippen LogP contribution is -2.33. The van der Waals surface area contributed by atoms with Gasteiger partial charge in [0, 0.05) is 25.9 Å². The Morgan fingerprint density at radius 3 is 2.47 bits per heavy atom. The van der Waals surface area contributed by atoms with Gasteiger partial charge in [0.15, 0.2) is 0 Å². The fraction of sp³-hybridized carbons (Fsp3) is 0.333. The minimum atomic E-state index is 0.302. The number of Topliss-reactive ketones (excluding diaryl/α,β-unsaturated/α-hetero) is 1. The molecule has 1 saturated heterocycles. The SMILES string of the molecule is C=C.COc1ccc(C#N)cc1N1CCC(=O)CC1. The lowest BCUT2D eigenvalue weighted by atomic mass is 10.1. The molecule has 0 spiro atoms. The maximum absolute atomic E-state index is 11.2. The number of ether oxygens (including phenoxy) is 1. The number of rotatable bonds is 2. The minimum absolute atomic E-state index is 0.302. The average molecular weight is 258 g/mol. The van der Waals surface area contributed by atoms with Crippen LogP contribution in [0.5, 0.6) is 5.75 Å². The second-order valence-electron chi connectivity index (χ2n) is 4.02. The van der Waals surface area contributed by atoms with E-state index in [2.05, 4.69) is 24.1 Å². The van der Waals surface area contributed by atoms with Crippen LogP contribution in [0.1, 0.15) is 18.4 Å². The summed E-state index contributed by atoms with van der Waals surface area (Å²) in [5.41, 5.74) is 1.51. The van der Waals surface area contributed by atoms with Gasteiger partial charge in [0.25, 0.3) is 0 Å². The molecule has 0 radical (unpaired) electrons. The van der Waals surface area contributed by atoms with Crippen LogP contribution in [-0.2, 0) is 4.79 Å². The molecule has 0 aromatic heterocycles. The molecule has 0 aliphatic carbocycles. The van der Waals surface area contributed by atoms with Gasteiger partial charge < -0.3 is 9.64 Å². The summed E-state index contributed by atoms with van der Waals surface area (Å²) >= 11 is 0.